The highest BCUT2D eigenvalue weighted by Gasteiger charge is 2.21. The third-order valence-corrected chi connectivity index (χ3v) is 5.97. The summed E-state index contributed by atoms with van der Waals surface area (Å²) in [7, 11) is 0. The second-order valence-corrected chi connectivity index (χ2v) is 9.59. The van der Waals surface area contributed by atoms with E-state index in [2.05, 4.69) is 38.2 Å². The molecule has 230 valence electrons. The number of carbonyl (C=O) groups is 4. The summed E-state index contributed by atoms with van der Waals surface area (Å²) in [6.45, 7) is 5.54. The number of aliphatic imine (C=N–C) groups is 2. The Balaban J connectivity index is 4.52. The molecule has 2 atom stereocenters. The van der Waals surface area contributed by atoms with E-state index < -0.39 is 12.1 Å². The Labute approximate surface area is 238 Å². The maximum Gasteiger partial charge on any atom is 0.242 e. The molecule has 0 radical (unpaired) electrons. The molecule has 0 aromatic carbocycles. The molecule has 12 N–H and O–H groups in total. The molecule has 0 aliphatic heterocycles. The lowest BCUT2D eigenvalue weighted by Crippen LogP contribution is -2.47. The summed E-state index contributed by atoms with van der Waals surface area (Å²) in [4.78, 5) is 57.3. The average molecular weight is 569 g/mol. The fourth-order valence-corrected chi connectivity index (χ4v) is 3.74. The standard InChI is InChI=1S/C26H52N10O4/c1-3-5-8-15-31-24(40)20(13-11-18-34-26(29)30)36-22(38)14-7-6-9-16-32-23(39)19(35-21(37)4-2)12-10-17-33-25(27)28/h19-20H,3-18H2,1-2H3,(H,31,40)(H,32,39)(H,35,37)(H,36,38)(H4,27,28,33)(H4,29,30,34). The molecule has 2 unspecified atom stereocenters. The zero-order chi connectivity index (χ0) is 30.2. The van der Waals surface area contributed by atoms with Crippen LogP contribution in [0.2, 0.25) is 0 Å². The smallest absolute Gasteiger partial charge is 0.242 e. The van der Waals surface area contributed by atoms with E-state index >= 15 is 0 Å². The van der Waals surface area contributed by atoms with Crippen LogP contribution in [0, 0.1) is 0 Å². The minimum atomic E-state index is -0.663. The van der Waals surface area contributed by atoms with Gasteiger partial charge in [0.2, 0.25) is 23.6 Å². The molecule has 0 aliphatic rings. The van der Waals surface area contributed by atoms with Gasteiger partial charge in [0.25, 0.3) is 0 Å². The fraction of sp³-hybridized carbons (Fsp3) is 0.769. The van der Waals surface area contributed by atoms with Gasteiger partial charge in [-0.3, -0.25) is 29.2 Å². The van der Waals surface area contributed by atoms with Gasteiger partial charge in [-0.1, -0.05) is 33.1 Å². The quantitative estimate of drug-likeness (QED) is 0.0450. The second-order valence-electron chi connectivity index (χ2n) is 9.59. The molecular formula is C26H52N10O4. The van der Waals surface area contributed by atoms with Gasteiger partial charge >= 0.3 is 0 Å². The summed E-state index contributed by atoms with van der Waals surface area (Å²) in [6, 6.07) is -1.31. The van der Waals surface area contributed by atoms with E-state index in [0.29, 0.717) is 71.1 Å². The first-order chi connectivity index (χ1) is 19.1. The summed E-state index contributed by atoms with van der Waals surface area (Å²) >= 11 is 0. The first kappa shape index (κ1) is 36.4. The van der Waals surface area contributed by atoms with Crippen LogP contribution in [0.5, 0.6) is 0 Å². The largest absolute Gasteiger partial charge is 0.370 e. The van der Waals surface area contributed by atoms with Crippen LogP contribution in [-0.2, 0) is 19.2 Å². The van der Waals surface area contributed by atoms with Gasteiger partial charge in [-0.05, 0) is 44.9 Å². The molecule has 0 aromatic rings. The van der Waals surface area contributed by atoms with Crippen LogP contribution in [0.3, 0.4) is 0 Å². The van der Waals surface area contributed by atoms with Crippen molar-refractivity contribution in [3.63, 3.8) is 0 Å². The lowest BCUT2D eigenvalue weighted by Gasteiger charge is -2.19. The van der Waals surface area contributed by atoms with Gasteiger partial charge in [0.05, 0.1) is 0 Å². The molecule has 0 aromatic heterocycles. The van der Waals surface area contributed by atoms with E-state index in [4.69, 9.17) is 22.9 Å². The molecule has 0 fully saturated rings. The number of hydrogen-bond donors (Lipinski definition) is 8. The molecule has 14 nitrogen and oxygen atoms in total. The Morgan fingerprint density at radius 2 is 1.10 bits per heavy atom. The van der Waals surface area contributed by atoms with E-state index in [-0.39, 0.29) is 48.4 Å². The van der Waals surface area contributed by atoms with Crippen molar-refractivity contribution >= 4 is 35.5 Å². The Morgan fingerprint density at radius 3 is 1.55 bits per heavy atom. The molecule has 14 heteroatoms. The van der Waals surface area contributed by atoms with Gasteiger partial charge in [-0.15, -0.1) is 0 Å². The number of carbonyl (C=O) groups excluding carboxylic acids is 4. The van der Waals surface area contributed by atoms with E-state index in [1.165, 1.54) is 0 Å². The number of nitrogens with zero attached hydrogens (tertiary/aromatic N) is 2. The lowest BCUT2D eigenvalue weighted by molar-refractivity contribution is -0.129. The Kier molecular flexibility index (Phi) is 21.2. The van der Waals surface area contributed by atoms with E-state index in [0.717, 1.165) is 19.3 Å². The number of nitrogens with one attached hydrogen (secondary N) is 4. The molecule has 4 amide bonds. The fourth-order valence-electron chi connectivity index (χ4n) is 3.74. The molecular weight excluding hydrogens is 516 g/mol. The Morgan fingerprint density at radius 1 is 0.625 bits per heavy atom. The normalized spacial score (nSPS) is 11.9. The van der Waals surface area contributed by atoms with Crippen molar-refractivity contribution in [3.05, 3.63) is 0 Å². The highest BCUT2D eigenvalue weighted by Crippen LogP contribution is 2.05. The van der Waals surface area contributed by atoms with Gasteiger partial charge < -0.3 is 44.2 Å². The number of amides is 4. The van der Waals surface area contributed by atoms with Gasteiger partial charge in [0.1, 0.15) is 12.1 Å². The predicted molar refractivity (Wildman–Crippen MR) is 158 cm³/mol. The molecule has 0 heterocycles. The van der Waals surface area contributed by atoms with Gasteiger partial charge in [0, 0.05) is 39.0 Å². The molecule has 0 rings (SSSR count). The summed E-state index contributed by atoms with van der Waals surface area (Å²) in [5.41, 5.74) is 21.3. The van der Waals surface area contributed by atoms with Crippen LogP contribution in [0.1, 0.15) is 90.9 Å². The van der Waals surface area contributed by atoms with Crippen LogP contribution < -0.4 is 44.2 Å². The summed E-state index contributed by atoms with van der Waals surface area (Å²) in [6.07, 6.45) is 7.42. The molecule has 0 bridgehead atoms. The van der Waals surface area contributed by atoms with Crippen LogP contribution in [0.4, 0.5) is 0 Å². The molecule has 0 spiro atoms. The minimum Gasteiger partial charge on any atom is -0.370 e. The van der Waals surface area contributed by atoms with Crippen molar-refractivity contribution in [2.45, 2.75) is 103 Å². The molecule has 0 saturated carbocycles. The highest BCUT2D eigenvalue weighted by molar-refractivity contribution is 5.88. The number of hydrogen-bond acceptors (Lipinski definition) is 6. The van der Waals surface area contributed by atoms with Crippen molar-refractivity contribution in [3.8, 4) is 0 Å². The second kappa shape index (κ2) is 23.3. The average Bonchev–Trinajstić information content (AvgIpc) is 2.91. The highest BCUT2D eigenvalue weighted by atomic mass is 16.2. The van der Waals surface area contributed by atoms with E-state index in [1.54, 1.807) is 6.92 Å². The monoisotopic (exact) mass is 568 g/mol. The lowest BCUT2D eigenvalue weighted by atomic mass is 10.1. The SMILES string of the molecule is CCCCCNC(=O)C(CCCN=C(N)N)NC(=O)CCCCCNC(=O)C(CCCN=C(N)N)NC(=O)CC. The summed E-state index contributed by atoms with van der Waals surface area (Å²) in [5, 5.41) is 11.3. The number of nitrogens with two attached hydrogens (primary N) is 4. The minimum absolute atomic E-state index is 0.00938. The van der Waals surface area contributed by atoms with Crippen LogP contribution >= 0.6 is 0 Å². The first-order valence-corrected chi connectivity index (χ1v) is 14.4. The number of guanidine groups is 2. The molecule has 0 saturated heterocycles. The Hall–Kier alpha value is -3.58. The van der Waals surface area contributed by atoms with Crippen molar-refractivity contribution < 1.29 is 19.2 Å². The zero-order valence-electron chi connectivity index (χ0n) is 24.3. The van der Waals surface area contributed by atoms with E-state index in [1.807, 2.05) is 0 Å². The zero-order valence-corrected chi connectivity index (χ0v) is 24.3. The van der Waals surface area contributed by atoms with Gasteiger partial charge in [-0.2, -0.15) is 0 Å². The molecule has 0 aliphatic carbocycles. The van der Waals surface area contributed by atoms with Crippen molar-refractivity contribution in [1.82, 2.24) is 21.3 Å². The van der Waals surface area contributed by atoms with Gasteiger partial charge in [-0.25, -0.2) is 0 Å². The molecule has 40 heavy (non-hydrogen) atoms. The number of unbranched alkanes of at least 4 members (excludes halogenated alkanes) is 4. The van der Waals surface area contributed by atoms with Crippen LogP contribution in [0.25, 0.3) is 0 Å². The summed E-state index contributed by atoms with van der Waals surface area (Å²) in [5.74, 6) is -0.918. The topological polar surface area (TPSA) is 245 Å². The first-order valence-electron chi connectivity index (χ1n) is 14.4. The summed E-state index contributed by atoms with van der Waals surface area (Å²) < 4.78 is 0. The Bertz CT molecular complexity index is 811. The van der Waals surface area contributed by atoms with Gasteiger partial charge in [0.15, 0.2) is 11.9 Å². The van der Waals surface area contributed by atoms with E-state index in [9.17, 15) is 19.2 Å². The maximum absolute atomic E-state index is 12.6. The third-order valence-electron chi connectivity index (χ3n) is 5.97. The van der Waals surface area contributed by atoms with Crippen molar-refractivity contribution in [2.75, 3.05) is 26.2 Å². The van der Waals surface area contributed by atoms with Crippen molar-refractivity contribution in [2.24, 2.45) is 32.9 Å². The maximum atomic E-state index is 12.6. The predicted octanol–water partition coefficient (Wildman–Crippen LogP) is -0.544. The van der Waals surface area contributed by atoms with Crippen LogP contribution in [0.15, 0.2) is 9.98 Å². The van der Waals surface area contributed by atoms with Crippen molar-refractivity contribution in [1.29, 1.82) is 0 Å². The number of rotatable bonds is 23. The third kappa shape index (κ3) is 20.4. The van der Waals surface area contributed by atoms with Crippen LogP contribution in [-0.4, -0.2) is 73.8 Å².